The predicted molar refractivity (Wildman–Crippen MR) is 73.1 cm³/mol. The van der Waals surface area contributed by atoms with Crippen molar-refractivity contribution < 1.29 is 9.21 Å². The second kappa shape index (κ2) is 5.12. The van der Waals surface area contributed by atoms with Gasteiger partial charge in [0.05, 0.1) is 19.1 Å². The maximum Gasteiger partial charge on any atom is 0.280 e. The van der Waals surface area contributed by atoms with Crippen molar-refractivity contribution in [2.24, 2.45) is 0 Å². The van der Waals surface area contributed by atoms with E-state index < -0.39 is 5.56 Å². The highest BCUT2D eigenvalue weighted by molar-refractivity contribution is 5.78. The monoisotopic (exact) mass is 288 g/mol. The number of nitrogens with one attached hydrogen (secondary N) is 2. The minimum absolute atomic E-state index is 0.0207. The van der Waals surface area contributed by atoms with Crippen molar-refractivity contribution in [3.63, 3.8) is 0 Å². The Morgan fingerprint density at radius 2 is 2.38 bits per heavy atom. The fraction of sp³-hybridized carbons (Fsp3) is 0.167. The van der Waals surface area contributed by atoms with Gasteiger partial charge in [0.15, 0.2) is 11.2 Å². The summed E-state index contributed by atoms with van der Waals surface area (Å²) in [5, 5.41) is 2.69. The first kappa shape index (κ1) is 12.9. The summed E-state index contributed by atoms with van der Waals surface area (Å²) in [4.78, 5) is 33.7. The van der Waals surface area contributed by atoms with Gasteiger partial charge in [0, 0.05) is 0 Å². The molecular weight excluding hydrogens is 276 g/mol. The van der Waals surface area contributed by atoms with Gasteiger partial charge in [-0.1, -0.05) is 0 Å². The summed E-state index contributed by atoms with van der Waals surface area (Å²) in [6.45, 7) is 0.266. The molecule has 0 bridgehead atoms. The molecule has 1 amide bonds. The maximum atomic E-state index is 11.9. The third-order valence-corrected chi connectivity index (χ3v) is 2.85. The number of amides is 1. The smallest absolute Gasteiger partial charge is 0.280 e. The number of rotatable bonds is 4. The average molecular weight is 288 g/mol. The van der Waals surface area contributed by atoms with Gasteiger partial charge in [0.25, 0.3) is 5.56 Å². The molecule has 108 valence electrons. The Morgan fingerprint density at radius 3 is 3.14 bits per heavy atom. The Balaban J connectivity index is 1.75. The third-order valence-electron chi connectivity index (χ3n) is 2.85. The Kier molecular flexibility index (Phi) is 3.14. The van der Waals surface area contributed by atoms with Crippen LogP contribution >= 0.6 is 0 Å². The summed E-state index contributed by atoms with van der Waals surface area (Å²) < 4.78 is 6.57. The Bertz CT molecular complexity index is 832. The Labute approximate surface area is 117 Å². The summed E-state index contributed by atoms with van der Waals surface area (Å²) in [5.74, 6) is 0.370. The first-order chi connectivity index (χ1) is 10.1. The van der Waals surface area contributed by atoms with Crippen LogP contribution in [0, 0.1) is 0 Å². The SMILES string of the molecule is Nc1nc2c(ncn2CC(=O)NCc2ccco2)c(=O)[nH]1. The van der Waals surface area contributed by atoms with Crippen LogP contribution in [0.4, 0.5) is 5.95 Å². The molecule has 0 saturated carbocycles. The molecule has 0 aromatic carbocycles. The molecule has 0 atom stereocenters. The Hall–Kier alpha value is -3.10. The molecule has 0 saturated heterocycles. The zero-order valence-corrected chi connectivity index (χ0v) is 10.9. The van der Waals surface area contributed by atoms with Crippen molar-refractivity contribution in [1.82, 2.24) is 24.8 Å². The van der Waals surface area contributed by atoms with Gasteiger partial charge >= 0.3 is 0 Å². The number of fused-ring (bicyclic) bond motifs is 1. The largest absolute Gasteiger partial charge is 0.467 e. The number of nitrogen functional groups attached to an aromatic ring is 1. The molecule has 0 fully saturated rings. The zero-order valence-electron chi connectivity index (χ0n) is 10.9. The second-order valence-electron chi connectivity index (χ2n) is 4.35. The molecule has 3 aromatic heterocycles. The van der Waals surface area contributed by atoms with Crippen molar-refractivity contribution in [2.75, 3.05) is 5.73 Å². The van der Waals surface area contributed by atoms with Crippen LogP contribution in [0.15, 0.2) is 33.9 Å². The molecule has 21 heavy (non-hydrogen) atoms. The Morgan fingerprint density at radius 1 is 1.52 bits per heavy atom. The van der Waals surface area contributed by atoms with Gasteiger partial charge in [-0.15, -0.1) is 0 Å². The predicted octanol–water partition coefficient (Wildman–Crippen LogP) is -0.389. The van der Waals surface area contributed by atoms with Gasteiger partial charge in [-0.25, -0.2) is 4.98 Å². The number of aromatic nitrogens is 4. The van der Waals surface area contributed by atoms with E-state index in [4.69, 9.17) is 10.2 Å². The molecule has 0 aliphatic rings. The van der Waals surface area contributed by atoms with Crippen LogP contribution in [0.3, 0.4) is 0 Å². The second-order valence-corrected chi connectivity index (χ2v) is 4.35. The van der Waals surface area contributed by atoms with Crippen LogP contribution in [-0.2, 0) is 17.9 Å². The van der Waals surface area contributed by atoms with E-state index in [0.29, 0.717) is 5.76 Å². The van der Waals surface area contributed by atoms with E-state index in [1.54, 1.807) is 12.1 Å². The van der Waals surface area contributed by atoms with E-state index >= 15 is 0 Å². The van der Waals surface area contributed by atoms with Crippen molar-refractivity contribution in [2.45, 2.75) is 13.1 Å². The first-order valence-electron chi connectivity index (χ1n) is 6.13. The number of carbonyl (C=O) groups excluding carboxylic acids is 1. The maximum absolute atomic E-state index is 11.9. The number of aromatic amines is 1. The molecule has 0 spiro atoms. The zero-order chi connectivity index (χ0) is 14.8. The lowest BCUT2D eigenvalue weighted by Crippen LogP contribution is -2.27. The molecule has 9 heteroatoms. The summed E-state index contributed by atoms with van der Waals surface area (Å²) in [7, 11) is 0. The fourth-order valence-electron chi connectivity index (χ4n) is 1.90. The number of H-pyrrole nitrogens is 1. The number of imidazole rings is 1. The van der Waals surface area contributed by atoms with Crippen LogP contribution in [0.2, 0.25) is 0 Å². The van der Waals surface area contributed by atoms with E-state index in [-0.39, 0.29) is 36.1 Å². The van der Waals surface area contributed by atoms with E-state index in [1.807, 2.05) is 0 Å². The van der Waals surface area contributed by atoms with Gasteiger partial charge in [0.1, 0.15) is 12.3 Å². The molecular formula is C12H12N6O3. The number of hydrogen-bond acceptors (Lipinski definition) is 6. The van der Waals surface area contributed by atoms with Crippen molar-refractivity contribution in [3.05, 3.63) is 40.8 Å². The molecule has 3 rings (SSSR count). The van der Waals surface area contributed by atoms with Gasteiger partial charge in [0.2, 0.25) is 11.9 Å². The number of nitrogens with zero attached hydrogens (tertiary/aromatic N) is 3. The molecule has 0 aliphatic carbocycles. The standard InChI is InChI=1S/C12H12N6O3/c13-12-16-10-9(11(20)17-12)15-6-18(10)5-8(19)14-4-7-2-1-3-21-7/h1-3,6H,4-5H2,(H,14,19)(H3,13,16,17,20). The van der Waals surface area contributed by atoms with Crippen LogP contribution in [-0.4, -0.2) is 25.4 Å². The minimum Gasteiger partial charge on any atom is -0.467 e. The van der Waals surface area contributed by atoms with Crippen molar-refractivity contribution >= 4 is 23.0 Å². The fourth-order valence-corrected chi connectivity index (χ4v) is 1.90. The summed E-state index contributed by atoms with van der Waals surface area (Å²) in [6.07, 6.45) is 2.91. The number of nitrogens with two attached hydrogens (primary N) is 1. The number of anilines is 1. The highest BCUT2D eigenvalue weighted by Gasteiger charge is 2.12. The average Bonchev–Trinajstić information content (AvgIpc) is 3.07. The van der Waals surface area contributed by atoms with Gasteiger partial charge in [-0.3, -0.25) is 14.6 Å². The van der Waals surface area contributed by atoms with Crippen molar-refractivity contribution in [1.29, 1.82) is 0 Å². The first-order valence-corrected chi connectivity index (χ1v) is 6.13. The molecule has 0 unspecified atom stereocenters. The van der Waals surface area contributed by atoms with Crippen LogP contribution in [0.1, 0.15) is 5.76 Å². The summed E-state index contributed by atoms with van der Waals surface area (Å²) >= 11 is 0. The number of hydrogen-bond donors (Lipinski definition) is 3. The molecule has 9 nitrogen and oxygen atoms in total. The van der Waals surface area contributed by atoms with Crippen LogP contribution in [0.25, 0.3) is 11.2 Å². The normalized spacial score (nSPS) is 10.9. The number of furan rings is 1. The summed E-state index contributed by atoms with van der Waals surface area (Å²) in [6, 6.07) is 3.50. The van der Waals surface area contributed by atoms with Crippen molar-refractivity contribution in [3.8, 4) is 0 Å². The van der Waals surface area contributed by atoms with E-state index in [0.717, 1.165) is 0 Å². The minimum atomic E-state index is -0.438. The van der Waals surface area contributed by atoms with Gasteiger partial charge in [-0.2, -0.15) is 4.98 Å². The lowest BCUT2D eigenvalue weighted by molar-refractivity contribution is -0.121. The van der Waals surface area contributed by atoms with E-state index in [2.05, 4.69) is 20.3 Å². The van der Waals surface area contributed by atoms with Crippen LogP contribution < -0.4 is 16.6 Å². The molecule has 0 aliphatic heterocycles. The topological polar surface area (TPSA) is 132 Å². The summed E-state index contributed by atoms with van der Waals surface area (Å²) in [5.41, 5.74) is 5.46. The van der Waals surface area contributed by atoms with Gasteiger partial charge < -0.3 is 20.0 Å². The quantitative estimate of drug-likeness (QED) is 0.599. The van der Waals surface area contributed by atoms with Crippen LogP contribution in [0.5, 0.6) is 0 Å². The van der Waals surface area contributed by atoms with E-state index in [9.17, 15) is 9.59 Å². The van der Waals surface area contributed by atoms with E-state index in [1.165, 1.54) is 17.2 Å². The molecule has 3 aromatic rings. The lowest BCUT2D eigenvalue weighted by Gasteiger charge is -2.05. The highest BCUT2D eigenvalue weighted by Crippen LogP contribution is 2.06. The molecule has 0 radical (unpaired) electrons. The molecule has 4 N–H and O–H groups in total. The molecule has 3 heterocycles. The lowest BCUT2D eigenvalue weighted by atomic mass is 10.4. The number of carbonyl (C=O) groups is 1. The third kappa shape index (κ3) is 2.61. The van der Waals surface area contributed by atoms with Gasteiger partial charge in [-0.05, 0) is 12.1 Å². The highest BCUT2D eigenvalue weighted by atomic mass is 16.3.